The van der Waals surface area contributed by atoms with Crippen LogP contribution in [0.1, 0.15) is 44.9 Å². The molecule has 1 aromatic carbocycles. The number of carbonyl (C=O) groups is 1. The van der Waals surface area contributed by atoms with Crippen molar-refractivity contribution in [2.45, 2.75) is 55.9 Å². The van der Waals surface area contributed by atoms with E-state index in [0.29, 0.717) is 11.4 Å². The topological polar surface area (TPSA) is 84.5 Å². The van der Waals surface area contributed by atoms with Crippen molar-refractivity contribution in [3.63, 3.8) is 0 Å². The second kappa shape index (κ2) is 6.88. The first kappa shape index (κ1) is 16.3. The summed E-state index contributed by atoms with van der Waals surface area (Å²) in [6.45, 7) is -0.0422. The van der Waals surface area contributed by atoms with Gasteiger partial charge >= 0.3 is 0 Å². The van der Waals surface area contributed by atoms with Crippen LogP contribution in [0.3, 0.4) is 0 Å². The highest BCUT2D eigenvalue weighted by Gasteiger charge is 2.23. The van der Waals surface area contributed by atoms with Gasteiger partial charge in [0.05, 0.1) is 10.6 Å². The van der Waals surface area contributed by atoms with E-state index in [9.17, 15) is 13.2 Å². The zero-order valence-electron chi connectivity index (χ0n) is 13.0. The van der Waals surface area contributed by atoms with E-state index < -0.39 is 10.0 Å². The summed E-state index contributed by atoms with van der Waals surface area (Å²) in [5, 5.41) is 2.64. The molecule has 0 spiro atoms. The zero-order valence-corrected chi connectivity index (χ0v) is 13.8. The van der Waals surface area contributed by atoms with Gasteiger partial charge in [0.15, 0.2) is 6.61 Å². The highest BCUT2D eigenvalue weighted by Crippen LogP contribution is 2.30. The summed E-state index contributed by atoms with van der Waals surface area (Å²) in [5.41, 5.74) is 0.404. The van der Waals surface area contributed by atoms with Crippen LogP contribution in [0.15, 0.2) is 23.1 Å². The summed E-state index contributed by atoms with van der Waals surface area (Å²) >= 11 is 0. The first-order valence-corrected chi connectivity index (χ1v) is 9.62. The Morgan fingerprint density at radius 3 is 2.52 bits per heavy atom. The Bertz CT molecular complexity index is 679. The van der Waals surface area contributed by atoms with Crippen molar-refractivity contribution in [3.05, 3.63) is 18.2 Å². The van der Waals surface area contributed by atoms with Gasteiger partial charge in [-0.2, -0.15) is 0 Å². The van der Waals surface area contributed by atoms with Crippen LogP contribution >= 0.6 is 0 Å². The van der Waals surface area contributed by atoms with Crippen molar-refractivity contribution in [1.82, 2.24) is 4.72 Å². The average molecular weight is 338 g/mol. The third-order valence-electron chi connectivity index (χ3n) is 4.32. The summed E-state index contributed by atoms with van der Waals surface area (Å²) in [7, 11) is -3.60. The van der Waals surface area contributed by atoms with Crippen LogP contribution in [0.2, 0.25) is 0 Å². The van der Waals surface area contributed by atoms with Gasteiger partial charge < -0.3 is 10.1 Å². The van der Waals surface area contributed by atoms with E-state index in [2.05, 4.69) is 10.0 Å². The van der Waals surface area contributed by atoms with E-state index in [1.54, 1.807) is 6.07 Å². The van der Waals surface area contributed by atoms with Crippen molar-refractivity contribution in [2.75, 3.05) is 11.9 Å². The molecule has 0 aromatic heterocycles. The fourth-order valence-corrected chi connectivity index (χ4v) is 4.42. The smallest absolute Gasteiger partial charge is 0.262 e. The van der Waals surface area contributed by atoms with E-state index >= 15 is 0 Å². The molecule has 7 heteroatoms. The first-order chi connectivity index (χ1) is 11.0. The predicted molar refractivity (Wildman–Crippen MR) is 87.0 cm³/mol. The van der Waals surface area contributed by atoms with Gasteiger partial charge in [-0.3, -0.25) is 4.79 Å². The molecule has 1 fully saturated rings. The standard InChI is InChI=1S/C16H22N2O4S/c19-16-11-22-15-9-8-13(10-14(15)17-16)23(20,21)18-12-6-4-2-1-3-5-7-12/h8-10,12,18H,1-7,11H2,(H,17,19). The maximum Gasteiger partial charge on any atom is 0.262 e. The highest BCUT2D eigenvalue weighted by atomic mass is 32.2. The molecule has 0 unspecified atom stereocenters. The third-order valence-corrected chi connectivity index (χ3v) is 5.84. The Hall–Kier alpha value is -1.60. The minimum Gasteiger partial charge on any atom is -0.482 e. The van der Waals surface area contributed by atoms with Crippen molar-refractivity contribution in [3.8, 4) is 5.75 Å². The number of fused-ring (bicyclic) bond motifs is 1. The molecular weight excluding hydrogens is 316 g/mol. The molecule has 1 saturated carbocycles. The molecule has 1 heterocycles. The monoisotopic (exact) mass is 338 g/mol. The second-order valence-electron chi connectivity index (χ2n) is 6.16. The molecule has 1 aliphatic carbocycles. The molecule has 0 atom stereocenters. The lowest BCUT2D eigenvalue weighted by molar-refractivity contribution is -0.118. The molecule has 1 amide bonds. The molecule has 126 valence electrons. The summed E-state index contributed by atoms with van der Waals surface area (Å²) in [6, 6.07) is 4.54. The fourth-order valence-electron chi connectivity index (χ4n) is 3.09. The van der Waals surface area contributed by atoms with Crippen LogP contribution in [-0.4, -0.2) is 27.0 Å². The SMILES string of the molecule is O=C1COc2ccc(S(=O)(=O)NC3CCCCCCC3)cc2N1. The van der Waals surface area contributed by atoms with Crippen molar-refractivity contribution < 1.29 is 17.9 Å². The molecule has 3 rings (SSSR count). The van der Waals surface area contributed by atoms with Gasteiger partial charge in [-0.05, 0) is 31.0 Å². The second-order valence-corrected chi connectivity index (χ2v) is 7.87. The molecule has 0 bridgehead atoms. The maximum atomic E-state index is 12.6. The van der Waals surface area contributed by atoms with Gasteiger partial charge in [-0.1, -0.05) is 32.1 Å². The zero-order chi connectivity index (χ0) is 16.3. The van der Waals surface area contributed by atoms with Crippen LogP contribution in [0.5, 0.6) is 5.75 Å². The highest BCUT2D eigenvalue weighted by molar-refractivity contribution is 7.89. The van der Waals surface area contributed by atoms with Gasteiger partial charge in [0.2, 0.25) is 10.0 Å². The molecule has 6 nitrogen and oxygen atoms in total. The quantitative estimate of drug-likeness (QED) is 0.886. The number of nitrogens with one attached hydrogen (secondary N) is 2. The summed E-state index contributed by atoms with van der Waals surface area (Å²) in [5.74, 6) is 0.217. The Balaban J connectivity index is 1.76. The minimum atomic E-state index is -3.60. The summed E-state index contributed by atoms with van der Waals surface area (Å²) in [4.78, 5) is 11.5. The predicted octanol–water partition coefficient (Wildman–Crippen LogP) is 2.41. The molecule has 0 saturated heterocycles. The average Bonchev–Trinajstić information content (AvgIpc) is 2.49. The molecule has 2 aliphatic rings. The van der Waals surface area contributed by atoms with E-state index in [4.69, 9.17) is 4.74 Å². The van der Waals surface area contributed by atoms with Crippen molar-refractivity contribution >= 4 is 21.6 Å². The Labute approximate surface area is 136 Å². The van der Waals surface area contributed by atoms with Crippen molar-refractivity contribution in [2.24, 2.45) is 0 Å². The number of amides is 1. The first-order valence-electron chi connectivity index (χ1n) is 8.14. The Kier molecular flexibility index (Phi) is 4.87. The number of carbonyl (C=O) groups excluding carboxylic acids is 1. The largest absolute Gasteiger partial charge is 0.482 e. The van der Waals surface area contributed by atoms with Crippen LogP contribution < -0.4 is 14.8 Å². The van der Waals surface area contributed by atoms with Gasteiger partial charge in [0.25, 0.3) is 5.91 Å². The van der Waals surface area contributed by atoms with Gasteiger partial charge in [-0.15, -0.1) is 0 Å². The molecule has 1 aliphatic heterocycles. The van der Waals surface area contributed by atoms with Crippen LogP contribution in [0.4, 0.5) is 5.69 Å². The normalized spacial score (nSPS) is 19.9. The maximum absolute atomic E-state index is 12.6. The van der Waals surface area contributed by atoms with E-state index in [1.807, 2.05) is 0 Å². The number of hydrogen-bond donors (Lipinski definition) is 2. The van der Waals surface area contributed by atoms with Crippen LogP contribution in [0.25, 0.3) is 0 Å². The lowest BCUT2D eigenvalue weighted by Crippen LogP contribution is -2.35. The number of rotatable bonds is 3. The fraction of sp³-hybridized carbons (Fsp3) is 0.562. The molecule has 2 N–H and O–H groups in total. The minimum absolute atomic E-state index is 0.0119. The number of hydrogen-bond acceptors (Lipinski definition) is 4. The van der Waals surface area contributed by atoms with Gasteiger partial charge in [0.1, 0.15) is 5.75 Å². The van der Waals surface area contributed by atoms with Gasteiger partial charge in [-0.25, -0.2) is 13.1 Å². The number of benzene rings is 1. The van der Waals surface area contributed by atoms with E-state index in [-0.39, 0.29) is 23.5 Å². The number of sulfonamides is 1. The van der Waals surface area contributed by atoms with Crippen molar-refractivity contribution in [1.29, 1.82) is 0 Å². The Morgan fingerprint density at radius 1 is 1.09 bits per heavy atom. The molecule has 23 heavy (non-hydrogen) atoms. The number of anilines is 1. The van der Waals surface area contributed by atoms with Crippen LogP contribution in [0, 0.1) is 0 Å². The van der Waals surface area contributed by atoms with Crippen LogP contribution in [-0.2, 0) is 14.8 Å². The number of ether oxygens (including phenoxy) is 1. The van der Waals surface area contributed by atoms with E-state index in [1.165, 1.54) is 31.4 Å². The van der Waals surface area contributed by atoms with E-state index in [0.717, 1.165) is 25.7 Å². The molecule has 1 aromatic rings. The Morgan fingerprint density at radius 2 is 1.78 bits per heavy atom. The lowest BCUT2D eigenvalue weighted by atomic mass is 9.97. The lowest BCUT2D eigenvalue weighted by Gasteiger charge is -2.22. The molecule has 0 radical (unpaired) electrons. The third kappa shape index (κ3) is 4.03. The summed E-state index contributed by atoms with van der Waals surface area (Å²) in [6.07, 6.45) is 7.45. The van der Waals surface area contributed by atoms with Gasteiger partial charge in [0, 0.05) is 6.04 Å². The summed E-state index contributed by atoms with van der Waals surface area (Å²) < 4.78 is 33.3. The molecular formula is C16H22N2O4S.